The largest absolute Gasteiger partial charge is 0.480 e. The van der Waals surface area contributed by atoms with Gasteiger partial charge in [-0.05, 0) is 43.0 Å². The smallest absolute Gasteiger partial charge is 0.327 e. The molecule has 0 aliphatic carbocycles. The van der Waals surface area contributed by atoms with E-state index in [-0.39, 0.29) is 6.04 Å². The van der Waals surface area contributed by atoms with E-state index in [9.17, 15) is 19.5 Å². The number of carboxylic acids is 1. The third-order valence-corrected chi connectivity index (χ3v) is 5.71. The molecule has 1 fully saturated rings. The summed E-state index contributed by atoms with van der Waals surface area (Å²) in [5, 5.41) is 10.2. The monoisotopic (exact) mass is 414 g/mol. The van der Waals surface area contributed by atoms with Crippen LogP contribution in [0.3, 0.4) is 0 Å². The number of halogens is 1. The van der Waals surface area contributed by atoms with Crippen molar-refractivity contribution in [2.45, 2.75) is 31.8 Å². The Morgan fingerprint density at radius 3 is 2.48 bits per heavy atom. The fourth-order valence-corrected chi connectivity index (χ4v) is 3.84. The lowest BCUT2D eigenvalue weighted by atomic mass is 9.83. The van der Waals surface area contributed by atoms with Crippen LogP contribution in [0.2, 0.25) is 5.02 Å². The molecule has 1 heterocycles. The van der Waals surface area contributed by atoms with Crippen LogP contribution in [0.1, 0.15) is 30.5 Å². The zero-order valence-corrected chi connectivity index (χ0v) is 17.0. The summed E-state index contributed by atoms with van der Waals surface area (Å²) < 4.78 is 0. The average Bonchev–Trinajstić information content (AvgIpc) is 2.71. The summed E-state index contributed by atoms with van der Waals surface area (Å²) in [6.45, 7) is 1.84. The van der Waals surface area contributed by atoms with Gasteiger partial charge in [0, 0.05) is 12.1 Å². The van der Waals surface area contributed by atoms with Crippen molar-refractivity contribution >= 4 is 29.5 Å². The molecule has 1 aliphatic heterocycles. The Morgan fingerprint density at radius 2 is 1.86 bits per heavy atom. The maximum Gasteiger partial charge on any atom is 0.327 e. The third-order valence-electron chi connectivity index (χ3n) is 5.47. The van der Waals surface area contributed by atoms with Crippen LogP contribution < -0.4 is 0 Å². The van der Waals surface area contributed by atoms with Crippen molar-refractivity contribution in [2.75, 3.05) is 7.05 Å². The van der Waals surface area contributed by atoms with Crippen molar-refractivity contribution in [3.8, 4) is 0 Å². The van der Waals surface area contributed by atoms with E-state index < -0.39 is 29.9 Å². The predicted molar refractivity (Wildman–Crippen MR) is 110 cm³/mol. The van der Waals surface area contributed by atoms with Crippen LogP contribution >= 0.6 is 11.6 Å². The van der Waals surface area contributed by atoms with Gasteiger partial charge in [-0.15, -0.1) is 0 Å². The second-order valence-corrected chi connectivity index (χ2v) is 7.68. The summed E-state index contributed by atoms with van der Waals surface area (Å²) in [6.07, 6.45) is 0.858. The molecule has 6 nitrogen and oxygen atoms in total. The molecular weight excluding hydrogens is 392 g/mol. The van der Waals surface area contributed by atoms with Crippen molar-refractivity contribution in [3.05, 3.63) is 70.7 Å². The van der Waals surface area contributed by atoms with Gasteiger partial charge in [0.1, 0.15) is 0 Å². The lowest BCUT2D eigenvalue weighted by Crippen LogP contribution is -2.68. The Labute approximate surface area is 174 Å². The van der Waals surface area contributed by atoms with E-state index in [1.165, 1.54) is 4.90 Å². The molecule has 3 unspecified atom stereocenters. The molecule has 2 aromatic rings. The van der Waals surface area contributed by atoms with Gasteiger partial charge in [0.2, 0.25) is 5.91 Å². The van der Waals surface area contributed by atoms with E-state index in [1.54, 1.807) is 19.2 Å². The summed E-state index contributed by atoms with van der Waals surface area (Å²) in [5.74, 6) is -2.35. The zero-order valence-electron chi connectivity index (χ0n) is 16.3. The predicted octanol–water partition coefficient (Wildman–Crippen LogP) is 4.00. The minimum Gasteiger partial charge on any atom is -0.480 e. The number of aliphatic carboxylic acids is 1. The summed E-state index contributed by atoms with van der Waals surface area (Å²) in [7, 11) is 1.57. The second kappa shape index (κ2) is 8.66. The molecule has 29 heavy (non-hydrogen) atoms. The SMILES string of the molecule is CC(c1ccccc1)N(C)C(=O)N1C(=O)C(CCc2cccc(Cl)c2)C1C(=O)O. The number of carbonyl (C=O) groups is 3. The topological polar surface area (TPSA) is 77.9 Å². The number of carboxylic acid groups (broad SMARTS) is 1. The number of likely N-dealkylation sites (tertiary alicyclic amines) is 1. The molecule has 2 aromatic carbocycles. The minimum atomic E-state index is -1.17. The first-order valence-corrected chi connectivity index (χ1v) is 9.81. The highest BCUT2D eigenvalue weighted by atomic mass is 35.5. The molecule has 0 bridgehead atoms. The van der Waals surface area contributed by atoms with Crippen molar-refractivity contribution in [2.24, 2.45) is 5.92 Å². The highest BCUT2D eigenvalue weighted by Crippen LogP contribution is 2.33. The quantitative estimate of drug-likeness (QED) is 0.725. The van der Waals surface area contributed by atoms with Gasteiger partial charge in [0.05, 0.1) is 12.0 Å². The van der Waals surface area contributed by atoms with Crippen molar-refractivity contribution in [1.82, 2.24) is 9.80 Å². The number of β-lactam (4-membered cyclic amide) rings is 1. The number of nitrogens with zero attached hydrogens (tertiary/aromatic N) is 2. The number of benzene rings is 2. The van der Waals surface area contributed by atoms with Crippen LogP contribution in [0.25, 0.3) is 0 Å². The molecule has 1 aliphatic rings. The zero-order chi connectivity index (χ0) is 21.1. The summed E-state index contributed by atoms with van der Waals surface area (Å²) in [5.41, 5.74) is 1.83. The molecule has 3 atom stereocenters. The second-order valence-electron chi connectivity index (χ2n) is 7.25. The maximum atomic E-state index is 12.9. The molecule has 3 rings (SSSR count). The van der Waals surface area contributed by atoms with Crippen molar-refractivity contribution in [1.29, 1.82) is 0 Å². The maximum absolute atomic E-state index is 12.9. The van der Waals surface area contributed by atoms with Gasteiger partial charge in [0.25, 0.3) is 0 Å². The van der Waals surface area contributed by atoms with Gasteiger partial charge in [-0.3, -0.25) is 4.79 Å². The summed E-state index contributed by atoms with van der Waals surface area (Å²) >= 11 is 5.98. The first-order valence-electron chi connectivity index (χ1n) is 9.43. The highest BCUT2D eigenvalue weighted by Gasteiger charge is 2.55. The number of hydrogen-bond acceptors (Lipinski definition) is 3. The number of aryl methyl sites for hydroxylation is 1. The molecule has 1 saturated heterocycles. The fourth-order valence-electron chi connectivity index (χ4n) is 3.63. The molecule has 7 heteroatoms. The van der Waals surface area contributed by atoms with Crippen molar-refractivity contribution in [3.63, 3.8) is 0 Å². The number of rotatable bonds is 6. The molecule has 1 N–H and O–H groups in total. The molecular formula is C22H23ClN2O4. The first-order chi connectivity index (χ1) is 13.8. The van der Waals surface area contributed by atoms with Gasteiger partial charge in [0.15, 0.2) is 6.04 Å². The van der Waals surface area contributed by atoms with Crippen LogP contribution in [0.4, 0.5) is 4.79 Å². The van der Waals surface area contributed by atoms with Crippen LogP contribution in [0, 0.1) is 5.92 Å². The Kier molecular flexibility index (Phi) is 6.23. The molecule has 0 saturated carbocycles. The Bertz CT molecular complexity index is 918. The van der Waals surface area contributed by atoms with E-state index in [2.05, 4.69) is 0 Å². The lowest BCUT2D eigenvalue weighted by Gasteiger charge is -2.45. The van der Waals surface area contributed by atoms with E-state index >= 15 is 0 Å². The summed E-state index contributed by atoms with van der Waals surface area (Å²) in [4.78, 5) is 39.6. The summed E-state index contributed by atoms with van der Waals surface area (Å²) in [6, 6.07) is 14.6. The molecule has 152 valence electrons. The van der Waals surface area contributed by atoms with Crippen molar-refractivity contribution < 1.29 is 19.5 Å². The number of carbonyl (C=O) groups excluding carboxylic acids is 2. The number of urea groups is 1. The molecule has 3 amide bonds. The normalized spacial score (nSPS) is 19.4. The van der Waals surface area contributed by atoms with Gasteiger partial charge < -0.3 is 10.0 Å². The fraction of sp³-hybridized carbons (Fsp3) is 0.318. The van der Waals surface area contributed by atoms with E-state index in [0.717, 1.165) is 16.0 Å². The number of imide groups is 1. The number of hydrogen-bond donors (Lipinski definition) is 1. The minimum absolute atomic E-state index is 0.295. The van der Waals surface area contributed by atoms with Crippen LogP contribution in [-0.2, 0) is 16.0 Å². The third kappa shape index (κ3) is 4.27. The standard InChI is InChI=1S/C22H23ClN2O4/c1-14(16-8-4-3-5-9-16)24(2)22(29)25-19(21(27)28)18(20(25)26)12-11-15-7-6-10-17(23)13-15/h3-10,13-14,18-19H,11-12H2,1-2H3,(H,27,28). The number of amides is 3. The Morgan fingerprint density at radius 1 is 1.17 bits per heavy atom. The van der Waals surface area contributed by atoms with E-state index in [1.807, 2.05) is 49.4 Å². The first kappa shape index (κ1) is 20.9. The highest BCUT2D eigenvalue weighted by molar-refractivity contribution is 6.30. The molecule has 0 spiro atoms. The van der Waals surface area contributed by atoms with Crippen LogP contribution in [0.5, 0.6) is 0 Å². The van der Waals surface area contributed by atoms with Crippen LogP contribution in [0.15, 0.2) is 54.6 Å². The van der Waals surface area contributed by atoms with Gasteiger partial charge in [-0.1, -0.05) is 54.1 Å². The Balaban J connectivity index is 1.70. The Hall–Kier alpha value is -2.86. The van der Waals surface area contributed by atoms with E-state index in [4.69, 9.17) is 11.6 Å². The van der Waals surface area contributed by atoms with Gasteiger partial charge in [-0.2, -0.15) is 0 Å². The average molecular weight is 415 g/mol. The van der Waals surface area contributed by atoms with Gasteiger partial charge >= 0.3 is 12.0 Å². The van der Waals surface area contributed by atoms with Crippen LogP contribution in [-0.4, -0.2) is 45.9 Å². The molecule has 0 aromatic heterocycles. The van der Waals surface area contributed by atoms with E-state index in [0.29, 0.717) is 17.9 Å². The van der Waals surface area contributed by atoms with Gasteiger partial charge in [-0.25, -0.2) is 14.5 Å². The lowest BCUT2D eigenvalue weighted by molar-refractivity contribution is -0.166. The molecule has 0 radical (unpaired) electrons.